The molecular formula is C12H14ClFN2OS. The van der Waals surface area contributed by atoms with Crippen LogP contribution in [0.4, 0.5) is 4.39 Å². The summed E-state index contributed by atoms with van der Waals surface area (Å²) >= 11 is 10.6. The molecule has 1 rings (SSSR count). The molecule has 0 saturated carbocycles. The Morgan fingerprint density at radius 3 is 2.72 bits per heavy atom. The zero-order chi connectivity index (χ0) is 13.7. The second-order valence-corrected chi connectivity index (χ2v) is 4.72. The van der Waals surface area contributed by atoms with E-state index in [4.69, 9.17) is 29.6 Å². The van der Waals surface area contributed by atoms with Gasteiger partial charge in [0, 0.05) is 6.54 Å². The number of nitrogens with zero attached hydrogens (tertiary/aromatic N) is 1. The zero-order valence-corrected chi connectivity index (χ0v) is 11.5. The number of rotatable bonds is 5. The van der Waals surface area contributed by atoms with Gasteiger partial charge in [-0.3, -0.25) is 4.79 Å². The fourth-order valence-corrected chi connectivity index (χ4v) is 1.97. The molecule has 1 aromatic rings. The van der Waals surface area contributed by atoms with Crippen molar-refractivity contribution in [3.8, 4) is 0 Å². The average Bonchev–Trinajstić information content (AvgIpc) is 2.27. The quantitative estimate of drug-likeness (QED) is 0.847. The predicted molar refractivity (Wildman–Crippen MR) is 74.4 cm³/mol. The van der Waals surface area contributed by atoms with Crippen molar-refractivity contribution in [1.29, 1.82) is 0 Å². The number of hydrogen-bond acceptors (Lipinski definition) is 2. The topological polar surface area (TPSA) is 46.3 Å². The molecule has 3 nitrogen and oxygen atoms in total. The van der Waals surface area contributed by atoms with E-state index < -0.39 is 11.7 Å². The van der Waals surface area contributed by atoms with E-state index in [1.165, 1.54) is 23.1 Å². The molecule has 0 atom stereocenters. The van der Waals surface area contributed by atoms with E-state index in [2.05, 4.69) is 0 Å². The van der Waals surface area contributed by atoms with Crippen molar-refractivity contribution in [1.82, 2.24) is 4.90 Å². The summed E-state index contributed by atoms with van der Waals surface area (Å²) in [5.41, 5.74) is 5.29. The lowest BCUT2D eigenvalue weighted by Crippen LogP contribution is -2.38. The van der Waals surface area contributed by atoms with Gasteiger partial charge in [-0.2, -0.15) is 0 Å². The third kappa shape index (κ3) is 3.65. The second-order valence-electron chi connectivity index (χ2n) is 3.79. The number of carbonyl (C=O) groups is 1. The highest BCUT2D eigenvalue weighted by molar-refractivity contribution is 7.80. The highest BCUT2D eigenvalue weighted by atomic mass is 35.5. The molecule has 0 heterocycles. The van der Waals surface area contributed by atoms with Crippen LogP contribution >= 0.6 is 23.8 Å². The van der Waals surface area contributed by atoms with Crippen LogP contribution in [0.3, 0.4) is 0 Å². The SMILES string of the molecule is CCCN(CC(N)=S)C(=O)c1c(F)cccc1Cl. The van der Waals surface area contributed by atoms with Gasteiger partial charge in [0.1, 0.15) is 5.82 Å². The molecule has 18 heavy (non-hydrogen) atoms. The third-order valence-corrected chi connectivity index (χ3v) is 2.75. The lowest BCUT2D eigenvalue weighted by Gasteiger charge is -2.22. The molecule has 1 aromatic carbocycles. The van der Waals surface area contributed by atoms with Crippen LogP contribution in [-0.2, 0) is 0 Å². The molecule has 0 aromatic heterocycles. The van der Waals surface area contributed by atoms with Gasteiger partial charge in [-0.15, -0.1) is 0 Å². The van der Waals surface area contributed by atoms with Crippen molar-refractivity contribution in [3.05, 3.63) is 34.6 Å². The number of thiocarbonyl (C=S) groups is 1. The number of amides is 1. The normalized spacial score (nSPS) is 10.2. The summed E-state index contributed by atoms with van der Waals surface area (Å²) in [6, 6.07) is 4.12. The molecule has 0 fully saturated rings. The molecule has 0 aliphatic heterocycles. The lowest BCUT2D eigenvalue weighted by molar-refractivity contribution is 0.0775. The van der Waals surface area contributed by atoms with Gasteiger partial charge in [0.25, 0.3) is 5.91 Å². The first-order valence-electron chi connectivity index (χ1n) is 5.49. The zero-order valence-electron chi connectivity index (χ0n) is 9.95. The highest BCUT2D eigenvalue weighted by Crippen LogP contribution is 2.20. The van der Waals surface area contributed by atoms with Gasteiger partial charge in [-0.05, 0) is 18.6 Å². The largest absolute Gasteiger partial charge is 0.392 e. The predicted octanol–water partition coefficient (Wildman–Crippen LogP) is 2.62. The van der Waals surface area contributed by atoms with Crippen molar-refractivity contribution in [2.75, 3.05) is 13.1 Å². The van der Waals surface area contributed by atoms with Gasteiger partial charge in [0.2, 0.25) is 0 Å². The Balaban J connectivity index is 3.05. The van der Waals surface area contributed by atoms with Crippen LogP contribution in [-0.4, -0.2) is 28.9 Å². The molecule has 0 bridgehead atoms. The smallest absolute Gasteiger partial charge is 0.258 e. The fraction of sp³-hybridized carbons (Fsp3) is 0.333. The number of carbonyl (C=O) groups excluding carboxylic acids is 1. The highest BCUT2D eigenvalue weighted by Gasteiger charge is 2.21. The molecule has 2 N–H and O–H groups in total. The Kier molecular flexibility index (Phi) is 5.50. The number of nitrogens with two attached hydrogens (primary N) is 1. The number of benzene rings is 1. The summed E-state index contributed by atoms with van der Waals surface area (Å²) in [7, 11) is 0. The van der Waals surface area contributed by atoms with Crippen molar-refractivity contribution < 1.29 is 9.18 Å². The number of halogens is 2. The first kappa shape index (κ1) is 14.9. The van der Waals surface area contributed by atoms with Crippen LogP contribution in [0.5, 0.6) is 0 Å². The molecule has 0 saturated heterocycles. The minimum Gasteiger partial charge on any atom is -0.392 e. The van der Waals surface area contributed by atoms with Crippen molar-refractivity contribution in [2.45, 2.75) is 13.3 Å². The van der Waals surface area contributed by atoms with Gasteiger partial charge in [0.05, 0.1) is 22.1 Å². The molecule has 0 unspecified atom stereocenters. The standard InChI is InChI=1S/C12H14ClFN2OS/c1-2-6-16(7-10(15)18)12(17)11-8(13)4-3-5-9(11)14/h3-5H,2,6-7H2,1H3,(H2,15,18). The van der Waals surface area contributed by atoms with Crippen LogP contribution in [0.15, 0.2) is 18.2 Å². The summed E-state index contributed by atoms with van der Waals surface area (Å²) in [4.78, 5) is 13.8. The van der Waals surface area contributed by atoms with Crippen LogP contribution in [0, 0.1) is 5.82 Å². The molecule has 1 amide bonds. The van der Waals surface area contributed by atoms with E-state index in [9.17, 15) is 9.18 Å². The van der Waals surface area contributed by atoms with E-state index in [1.54, 1.807) is 0 Å². The Hall–Kier alpha value is -1.20. The average molecular weight is 289 g/mol. The van der Waals surface area contributed by atoms with Gasteiger partial charge in [0.15, 0.2) is 0 Å². The first-order valence-corrected chi connectivity index (χ1v) is 6.27. The monoisotopic (exact) mass is 288 g/mol. The van der Waals surface area contributed by atoms with Crippen LogP contribution in [0.2, 0.25) is 5.02 Å². The summed E-state index contributed by atoms with van der Waals surface area (Å²) in [5.74, 6) is -1.13. The summed E-state index contributed by atoms with van der Waals surface area (Å²) < 4.78 is 13.6. The van der Waals surface area contributed by atoms with Crippen LogP contribution < -0.4 is 5.73 Å². The number of hydrogen-bond donors (Lipinski definition) is 1. The lowest BCUT2D eigenvalue weighted by atomic mass is 10.1. The van der Waals surface area contributed by atoms with E-state index in [0.29, 0.717) is 6.54 Å². The Morgan fingerprint density at radius 2 is 2.22 bits per heavy atom. The maximum atomic E-state index is 13.6. The first-order chi connectivity index (χ1) is 8.47. The van der Waals surface area contributed by atoms with Crippen molar-refractivity contribution in [3.63, 3.8) is 0 Å². The molecule has 0 radical (unpaired) electrons. The summed E-state index contributed by atoms with van der Waals surface area (Å²) in [6.45, 7) is 2.47. The maximum absolute atomic E-state index is 13.6. The van der Waals surface area contributed by atoms with E-state index in [1.807, 2.05) is 6.92 Å². The van der Waals surface area contributed by atoms with Gasteiger partial charge >= 0.3 is 0 Å². The summed E-state index contributed by atoms with van der Waals surface area (Å²) in [6.07, 6.45) is 0.723. The third-order valence-electron chi connectivity index (χ3n) is 2.30. The molecule has 98 valence electrons. The van der Waals surface area contributed by atoms with E-state index >= 15 is 0 Å². The second kappa shape index (κ2) is 6.66. The van der Waals surface area contributed by atoms with Crippen molar-refractivity contribution in [2.24, 2.45) is 5.73 Å². The van der Waals surface area contributed by atoms with Crippen LogP contribution in [0.25, 0.3) is 0 Å². The minimum absolute atomic E-state index is 0.0871. The van der Waals surface area contributed by atoms with Crippen molar-refractivity contribution >= 4 is 34.7 Å². The van der Waals surface area contributed by atoms with Crippen LogP contribution in [0.1, 0.15) is 23.7 Å². The maximum Gasteiger partial charge on any atom is 0.258 e. The molecule has 0 aliphatic rings. The van der Waals surface area contributed by atoms with Gasteiger partial charge < -0.3 is 10.6 Å². The Bertz CT molecular complexity index is 447. The minimum atomic E-state index is -0.642. The molecule has 6 heteroatoms. The Morgan fingerprint density at radius 1 is 1.56 bits per heavy atom. The van der Waals surface area contributed by atoms with Gasteiger partial charge in [-0.25, -0.2) is 4.39 Å². The Labute approximate surface area is 116 Å². The molecule has 0 spiro atoms. The summed E-state index contributed by atoms with van der Waals surface area (Å²) in [5, 5.41) is 0.0871. The molecular weight excluding hydrogens is 275 g/mol. The fourth-order valence-electron chi connectivity index (χ4n) is 1.57. The molecule has 0 aliphatic carbocycles. The van der Waals surface area contributed by atoms with Gasteiger partial charge in [-0.1, -0.05) is 36.8 Å². The van der Waals surface area contributed by atoms with E-state index in [-0.39, 0.29) is 22.1 Å². The van der Waals surface area contributed by atoms with E-state index in [0.717, 1.165) is 6.42 Å².